The molecule has 1 aromatic heterocycles. The molecule has 110 valence electrons. The lowest BCUT2D eigenvalue weighted by molar-refractivity contribution is -0.384. The number of rotatable bonds is 4. The van der Waals surface area contributed by atoms with E-state index in [4.69, 9.17) is 16.7 Å². The van der Waals surface area contributed by atoms with Gasteiger partial charge < -0.3 is 5.11 Å². The second-order valence-corrected chi connectivity index (χ2v) is 6.09. The van der Waals surface area contributed by atoms with E-state index in [2.05, 4.69) is 0 Å². The number of nitro benzene ring substituents is 1. The van der Waals surface area contributed by atoms with Crippen molar-refractivity contribution in [3.63, 3.8) is 0 Å². The topological polar surface area (TPSA) is 120 Å². The van der Waals surface area contributed by atoms with E-state index >= 15 is 0 Å². The zero-order chi connectivity index (χ0) is 15.8. The van der Waals surface area contributed by atoms with Crippen LogP contribution in [0.4, 0.5) is 5.69 Å². The Morgan fingerprint density at radius 1 is 1.33 bits per heavy atom. The molecule has 10 heteroatoms. The van der Waals surface area contributed by atoms with Crippen molar-refractivity contribution in [2.45, 2.75) is 4.90 Å². The first-order chi connectivity index (χ1) is 9.75. The highest BCUT2D eigenvalue weighted by Gasteiger charge is 2.25. The Bertz CT molecular complexity index is 842. The van der Waals surface area contributed by atoms with Gasteiger partial charge >= 0.3 is 5.97 Å². The summed E-state index contributed by atoms with van der Waals surface area (Å²) >= 11 is 5.61. The molecule has 1 aromatic carbocycles. The molecule has 21 heavy (non-hydrogen) atoms. The van der Waals surface area contributed by atoms with Crippen molar-refractivity contribution in [3.8, 4) is 0 Å². The summed E-state index contributed by atoms with van der Waals surface area (Å²) in [6.45, 7) is 0. The number of nitrogens with zero attached hydrogens (tertiary/aromatic N) is 2. The molecule has 1 heterocycles. The third-order valence-electron chi connectivity index (χ3n) is 2.60. The molecule has 0 atom stereocenters. The minimum Gasteiger partial charge on any atom is -0.477 e. The molecule has 0 spiro atoms. The lowest BCUT2D eigenvalue weighted by Gasteiger charge is -2.08. The Kier molecular flexibility index (Phi) is 3.71. The first-order valence-electron chi connectivity index (χ1n) is 5.35. The third-order valence-corrected chi connectivity index (χ3v) is 4.61. The first kappa shape index (κ1) is 15.0. The minimum absolute atomic E-state index is 0.218. The second-order valence-electron chi connectivity index (χ2n) is 3.87. The number of carboxylic acids is 1. The first-order valence-corrected chi connectivity index (χ1v) is 7.17. The average Bonchev–Trinajstić information content (AvgIpc) is 2.88. The summed E-state index contributed by atoms with van der Waals surface area (Å²) in [5.74, 6) is -1.44. The normalized spacial score (nSPS) is 11.3. The maximum Gasteiger partial charge on any atom is 0.353 e. The van der Waals surface area contributed by atoms with Crippen LogP contribution < -0.4 is 0 Å². The van der Waals surface area contributed by atoms with Gasteiger partial charge in [-0.2, -0.15) is 0 Å². The predicted octanol–water partition coefficient (Wildman–Crippen LogP) is 1.98. The molecule has 2 rings (SSSR count). The number of halogens is 1. The molecule has 0 fully saturated rings. The summed E-state index contributed by atoms with van der Waals surface area (Å²) in [5, 5.41) is 19.5. The molecule has 1 N–H and O–H groups in total. The van der Waals surface area contributed by atoms with Gasteiger partial charge in [0.2, 0.25) is 0 Å². The van der Waals surface area contributed by atoms with Gasteiger partial charge in [-0.25, -0.2) is 17.2 Å². The van der Waals surface area contributed by atoms with Gasteiger partial charge in [-0.05, 0) is 24.3 Å². The smallest absolute Gasteiger partial charge is 0.353 e. The summed E-state index contributed by atoms with van der Waals surface area (Å²) in [6.07, 6.45) is 1.04. The van der Waals surface area contributed by atoms with Crippen molar-refractivity contribution >= 4 is 33.3 Å². The molecule has 0 amide bonds. The van der Waals surface area contributed by atoms with Crippen molar-refractivity contribution in [1.82, 2.24) is 3.97 Å². The summed E-state index contributed by atoms with van der Waals surface area (Å²) in [4.78, 5) is 20.5. The highest BCUT2D eigenvalue weighted by Crippen LogP contribution is 2.28. The molecule has 8 nitrogen and oxygen atoms in total. The molecule has 0 radical (unpaired) electrons. The second kappa shape index (κ2) is 5.19. The van der Waals surface area contributed by atoms with E-state index in [9.17, 15) is 23.3 Å². The van der Waals surface area contributed by atoms with Gasteiger partial charge in [0.1, 0.15) is 10.7 Å². The minimum atomic E-state index is -4.27. The maximum absolute atomic E-state index is 12.3. The van der Waals surface area contributed by atoms with Crippen LogP contribution in [0.2, 0.25) is 5.02 Å². The number of aromatic nitrogens is 1. The molecule has 2 aromatic rings. The highest BCUT2D eigenvalue weighted by atomic mass is 35.5. The van der Waals surface area contributed by atoms with E-state index in [1.807, 2.05) is 0 Å². The van der Waals surface area contributed by atoms with Crippen LogP contribution in [0.5, 0.6) is 0 Å². The van der Waals surface area contributed by atoms with Crippen LogP contribution in [0, 0.1) is 10.1 Å². The number of hydrogen-bond acceptors (Lipinski definition) is 5. The summed E-state index contributed by atoms with van der Waals surface area (Å²) < 4.78 is 25.2. The zero-order valence-corrected chi connectivity index (χ0v) is 11.7. The predicted molar refractivity (Wildman–Crippen MR) is 72.1 cm³/mol. The van der Waals surface area contributed by atoms with Gasteiger partial charge in [0, 0.05) is 12.3 Å². The lowest BCUT2D eigenvalue weighted by atomic mass is 10.3. The van der Waals surface area contributed by atoms with Crippen LogP contribution >= 0.6 is 11.6 Å². The van der Waals surface area contributed by atoms with Gasteiger partial charge in [-0.3, -0.25) is 10.1 Å². The number of benzene rings is 1. The van der Waals surface area contributed by atoms with E-state index in [1.165, 1.54) is 6.07 Å². The van der Waals surface area contributed by atoms with E-state index in [-0.39, 0.29) is 5.02 Å². The van der Waals surface area contributed by atoms with Crippen LogP contribution in [0.1, 0.15) is 10.5 Å². The molecule has 0 bridgehead atoms. The van der Waals surface area contributed by atoms with Crippen LogP contribution in [-0.4, -0.2) is 28.4 Å². The fraction of sp³-hybridized carbons (Fsp3) is 0. The lowest BCUT2D eigenvalue weighted by Crippen LogP contribution is -2.17. The molecule has 0 unspecified atom stereocenters. The quantitative estimate of drug-likeness (QED) is 0.676. The number of nitro groups is 1. The Morgan fingerprint density at radius 3 is 2.57 bits per heavy atom. The van der Waals surface area contributed by atoms with Crippen LogP contribution in [0.25, 0.3) is 0 Å². The summed E-state index contributed by atoms with van der Waals surface area (Å²) in [7, 11) is -4.27. The Balaban J connectivity index is 2.65. The van der Waals surface area contributed by atoms with Crippen LogP contribution in [0.3, 0.4) is 0 Å². The van der Waals surface area contributed by atoms with Crippen molar-refractivity contribution in [2.75, 3.05) is 0 Å². The van der Waals surface area contributed by atoms with Crippen LogP contribution in [0.15, 0.2) is 41.4 Å². The molecule has 0 aliphatic rings. The fourth-order valence-corrected chi connectivity index (χ4v) is 3.19. The standard InChI is InChI=1S/C11H7ClN2O6S/c12-8-4-3-7(6-10(8)14(17)18)21(19,20)13-5-1-2-9(13)11(15)16/h1-6H,(H,15,16). The van der Waals surface area contributed by atoms with Gasteiger partial charge in [0.05, 0.1) is 9.82 Å². The number of hydrogen-bond donors (Lipinski definition) is 1. The molecule has 0 saturated heterocycles. The van der Waals surface area contributed by atoms with Crippen molar-refractivity contribution in [1.29, 1.82) is 0 Å². The average molecular weight is 331 g/mol. The number of carbonyl (C=O) groups is 1. The van der Waals surface area contributed by atoms with Gasteiger partial charge in [0.25, 0.3) is 15.7 Å². The van der Waals surface area contributed by atoms with Crippen molar-refractivity contribution in [3.05, 3.63) is 57.4 Å². The molecule has 0 aliphatic carbocycles. The maximum atomic E-state index is 12.3. The Hall–Kier alpha value is -2.39. The SMILES string of the molecule is O=C(O)c1cccn1S(=O)(=O)c1ccc(Cl)c([N+](=O)[O-])c1. The number of carboxylic acid groups (broad SMARTS) is 1. The molecule has 0 aliphatic heterocycles. The van der Waals surface area contributed by atoms with Crippen molar-refractivity contribution in [2.24, 2.45) is 0 Å². The fourth-order valence-electron chi connectivity index (χ4n) is 1.65. The largest absolute Gasteiger partial charge is 0.477 e. The molecular formula is C11H7ClN2O6S. The summed E-state index contributed by atoms with van der Waals surface area (Å²) in [5.41, 5.74) is -1.06. The van der Waals surface area contributed by atoms with Crippen molar-refractivity contribution < 1.29 is 23.2 Å². The number of aromatic carboxylic acids is 1. The summed E-state index contributed by atoms with van der Waals surface area (Å²) in [6, 6.07) is 5.26. The monoisotopic (exact) mass is 330 g/mol. The highest BCUT2D eigenvalue weighted by molar-refractivity contribution is 7.90. The van der Waals surface area contributed by atoms with Gasteiger partial charge in [-0.1, -0.05) is 11.6 Å². The Morgan fingerprint density at radius 2 is 2.00 bits per heavy atom. The zero-order valence-electron chi connectivity index (χ0n) is 10.1. The van der Waals surface area contributed by atoms with E-state index in [1.54, 1.807) is 0 Å². The van der Waals surface area contributed by atoms with Gasteiger partial charge in [0.15, 0.2) is 0 Å². The van der Waals surface area contributed by atoms with E-state index < -0.39 is 37.2 Å². The van der Waals surface area contributed by atoms with E-state index in [0.717, 1.165) is 30.5 Å². The third kappa shape index (κ3) is 2.60. The Labute approximate surface area is 123 Å². The molecule has 0 saturated carbocycles. The van der Waals surface area contributed by atoms with Crippen LogP contribution in [-0.2, 0) is 10.0 Å². The van der Waals surface area contributed by atoms with E-state index in [0.29, 0.717) is 3.97 Å². The van der Waals surface area contributed by atoms with Gasteiger partial charge in [-0.15, -0.1) is 0 Å². The molecular weight excluding hydrogens is 324 g/mol.